The molecule has 1 heterocycles. The minimum absolute atomic E-state index is 0.0611. The van der Waals surface area contributed by atoms with Gasteiger partial charge in [0.25, 0.3) is 5.56 Å². The first-order chi connectivity index (χ1) is 11.5. The van der Waals surface area contributed by atoms with Crippen LogP contribution in [0.5, 0.6) is 0 Å². The molecule has 0 atom stereocenters. The molecule has 7 heteroatoms. The summed E-state index contributed by atoms with van der Waals surface area (Å²) in [6.07, 6.45) is 0.0611. The Labute approximate surface area is 145 Å². The van der Waals surface area contributed by atoms with Crippen LogP contribution in [0.4, 0.5) is 0 Å². The molecule has 0 aliphatic rings. The Hall–Kier alpha value is -2.12. The van der Waals surface area contributed by atoms with Gasteiger partial charge in [-0.2, -0.15) is 0 Å². The van der Waals surface area contributed by atoms with Crippen molar-refractivity contribution in [2.75, 3.05) is 5.75 Å². The van der Waals surface area contributed by atoms with Crippen molar-refractivity contribution in [2.45, 2.75) is 38.3 Å². The van der Waals surface area contributed by atoms with Gasteiger partial charge in [-0.05, 0) is 19.4 Å². The summed E-state index contributed by atoms with van der Waals surface area (Å²) >= 11 is 1.19. The molecular formula is C17H21N3O3S. The van der Waals surface area contributed by atoms with Gasteiger partial charge in [0.15, 0.2) is 5.16 Å². The van der Waals surface area contributed by atoms with Crippen molar-refractivity contribution >= 4 is 17.7 Å². The SMILES string of the molecule is CC(C)OCc1cc(=O)[nH]c(SCC(=O)NCc2ccccc2)n1. The predicted molar refractivity (Wildman–Crippen MR) is 93.8 cm³/mol. The van der Waals surface area contributed by atoms with Crippen molar-refractivity contribution < 1.29 is 9.53 Å². The van der Waals surface area contributed by atoms with E-state index in [9.17, 15) is 9.59 Å². The van der Waals surface area contributed by atoms with E-state index in [1.54, 1.807) is 0 Å². The fourth-order valence-corrected chi connectivity index (χ4v) is 2.58. The molecule has 1 amide bonds. The second-order valence-electron chi connectivity index (χ2n) is 5.45. The van der Waals surface area contributed by atoms with Crippen LogP contribution >= 0.6 is 11.8 Å². The summed E-state index contributed by atoms with van der Waals surface area (Å²) in [6.45, 7) is 4.58. The molecule has 0 aliphatic heterocycles. The van der Waals surface area contributed by atoms with E-state index in [0.717, 1.165) is 5.56 Å². The number of rotatable bonds is 8. The lowest BCUT2D eigenvalue weighted by atomic mass is 10.2. The van der Waals surface area contributed by atoms with Crippen LogP contribution in [-0.4, -0.2) is 27.7 Å². The van der Waals surface area contributed by atoms with E-state index in [2.05, 4.69) is 15.3 Å². The van der Waals surface area contributed by atoms with Crippen LogP contribution in [-0.2, 0) is 22.7 Å². The number of carbonyl (C=O) groups excluding carboxylic acids is 1. The lowest BCUT2D eigenvalue weighted by Crippen LogP contribution is -2.24. The zero-order chi connectivity index (χ0) is 17.4. The molecule has 2 N–H and O–H groups in total. The molecule has 6 nitrogen and oxygen atoms in total. The molecule has 2 rings (SSSR count). The summed E-state index contributed by atoms with van der Waals surface area (Å²) in [5.41, 5.74) is 1.34. The van der Waals surface area contributed by atoms with E-state index in [0.29, 0.717) is 17.4 Å². The van der Waals surface area contributed by atoms with Gasteiger partial charge in [-0.15, -0.1) is 0 Å². The van der Waals surface area contributed by atoms with Crippen molar-refractivity contribution in [1.29, 1.82) is 0 Å². The van der Waals surface area contributed by atoms with Gasteiger partial charge in [0.2, 0.25) is 5.91 Å². The second kappa shape index (κ2) is 9.24. The van der Waals surface area contributed by atoms with Crippen molar-refractivity contribution in [2.24, 2.45) is 0 Å². The Kier molecular flexibility index (Phi) is 7.02. The van der Waals surface area contributed by atoms with Crippen molar-refractivity contribution in [3.05, 3.63) is 58.0 Å². The summed E-state index contributed by atoms with van der Waals surface area (Å²) in [7, 11) is 0. The first-order valence-corrected chi connectivity index (χ1v) is 8.67. The Bertz CT molecular complexity index is 717. The van der Waals surface area contributed by atoms with E-state index in [1.807, 2.05) is 44.2 Å². The number of thioether (sulfide) groups is 1. The van der Waals surface area contributed by atoms with Gasteiger partial charge in [-0.1, -0.05) is 42.1 Å². The van der Waals surface area contributed by atoms with Crippen molar-refractivity contribution in [3.63, 3.8) is 0 Å². The maximum absolute atomic E-state index is 11.9. The first kappa shape index (κ1) is 18.2. The van der Waals surface area contributed by atoms with E-state index in [1.165, 1.54) is 17.8 Å². The van der Waals surface area contributed by atoms with Gasteiger partial charge in [-0.25, -0.2) is 4.98 Å². The number of aromatic nitrogens is 2. The minimum atomic E-state index is -0.250. The second-order valence-corrected chi connectivity index (χ2v) is 6.42. The van der Waals surface area contributed by atoms with Gasteiger partial charge in [0.05, 0.1) is 24.2 Å². The van der Waals surface area contributed by atoms with Gasteiger partial charge in [-0.3, -0.25) is 9.59 Å². The fourth-order valence-electron chi connectivity index (χ4n) is 1.86. The molecule has 0 aliphatic carbocycles. The normalized spacial score (nSPS) is 10.8. The van der Waals surface area contributed by atoms with Crippen LogP contribution in [0.25, 0.3) is 0 Å². The zero-order valence-electron chi connectivity index (χ0n) is 13.7. The largest absolute Gasteiger partial charge is 0.373 e. The molecule has 0 saturated carbocycles. The topological polar surface area (TPSA) is 84.1 Å². The first-order valence-electron chi connectivity index (χ1n) is 7.68. The number of hydrogen-bond donors (Lipinski definition) is 2. The Balaban J connectivity index is 1.84. The van der Waals surface area contributed by atoms with Crippen LogP contribution in [0.1, 0.15) is 25.1 Å². The number of hydrogen-bond acceptors (Lipinski definition) is 5. The molecule has 0 unspecified atom stereocenters. The highest BCUT2D eigenvalue weighted by Crippen LogP contribution is 2.11. The number of H-pyrrole nitrogens is 1. The number of ether oxygens (including phenoxy) is 1. The van der Waals surface area contributed by atoms with Gasteiger partial charge >= 0.3 is 0 Å². The van der Waals surface area contributed by atoms with Gasteiger partial charge in [0, 0.05) is 12.6 Å². The number of carbonyl (C=O) groups is 1. The third kappa shape index (κ3) is 6.55. The van der Waals surface area contributed by atoms with Crippen LogP contribution in [0.15, 0.2) is 46.3 Å². The third-order valence-electron chi connectivity index (χ3n) is 3.01. The molecule has 2 aromatic rings. The number of aromatic amines is 1. The van der Waals surface area contributed by atoms with Crippen LogP contribution < -0.4 is 10.9 Å². The van der Waals surface area contributed by atoms with Crippen LogP contribution in [0.3, 0.4) is 0 Å². The number of amides is 1. The van der Waals surface area contributed by atoms with Gasteiger partial charge in [0.1, 0.15) is 0 Å². The molecule has 0 radical (unpaired) electrons. The summed E-state index contributed by atoms with van der Waals surface area (Å²) in [5.74, 6) is 0.0694. The van der Waals surface area contributed by atoms with Crippen LogP contribution in [0.2, 0.25) is 0 Å². The quantitative estimate of drug-likeness (QED) is 0.564. The molecular weight excluding hydrogens is 326 g/mol. The highest BCUT2D eigenvalue weighted by atomic mass is 32.2. The molecule has 0 bridgehead atoms. The molecule has 24 heavy (non-hydrogen) atoms. The smallest absolute Gasteiger partial charge is 0.251 e. The number of benzene rings is 1. The maximum atomic E-state index is 11.9. The Morgan fingerprint density at radius 3 is 2.79 bits per heavy atom. The Morgan fingerprint density at radius 1 is 1.33 bits per heavy atom. The van der Waals surface area contributed by atoms with Crippen molar-refractivity contribution in [1.82, 2.24) is 15.3 Å². The average Bonchev–Trinajstić information content (AvgIpc) is 2.57. The number of nitrogens with zero attached hydrogens (tertiary/aromatic N) is 1. The summed E-state index contributed by atoms with van der Waals surface area (Å²) < 4.78 is 5.45. The highest BCUT2D eigenvalue weighted by molar-refractivity contribution is 7.99. The lowest BCUT2D eigenvalue weighted by Gasteiger charge is -2.08. The summed E-state index contributed by atoms with van der Waals surface area (Å²) in [5, 5.41) is 3.25. The molecule has 0 fully saturated rings. The van der Waals surface area contributed by atoms with Gasteiger partial charge < -0.3 is 15.0 Å². The van der Waals surface area contributed by atoms with E-state index >= 15 is 0 Å². The maximum Gasteiger partial charge on any atom is 0.251 e. The molecule has 0 spiro atoms. The fraction of sp³-hybridized carbons (Fsp3) is 0.353. The zero-order valence-corrected chi connectivity index (χ0v) is 14.6. The van der Waals surface area contributed by atoms with E-state index < -0.39 is 0 Å². The van der Waals surface area contributed by atoms with Crippen LogP contribution in [0, 0.1) is 0 Å². The highest BCUT2D eigenvalue weighted by Gasteiger charge is 2.07. The summed E-state index contributed by atoms with van der Waals surface area (Å²) in [6, 6.07) is 11.1. The monoisotopic (exact) mass is 347 g/mol. The predicted octanol–water partition coefficient (Wildman–Crippen LogP) is 2.10. The van der Waals surface area contributed by atoms with E-state index in [4.69, 9.17) is 4.74 Å². The molecule has 0 saturated heterocycles. The molecule has 1 aromatic heterocycles. The molecule has 1 aromatic carbocycles. The molecule has 128 valence electrons. The van der Waals surface area contributed by atoms with E-state index in [-0.39, 0.29) is 29.9 Å². The summed E-state index contributed by atoms with van der Waals surface area (Å²) in [4.78, 5) is 30.5. The minimum Gasteiger partial charge on any atom is -0.373 e. The third-order valence-corrected chi connectivity index (χ3v) is 3.88. The number of nitrogens with one attached hydrogen (secondary N) is 2. The lowest BCUT2D eigenvalue weighted by molar-refractivity contribution is -0.118. The standard InChI is InChI=1S/C17H21N3O3S/c1-12(2)23-10-14-8-15(21)20-17(19-14)24-11-16(22)18-9-13-6-4-3-5-7-13/h3-8,12H,9-11H2,1-2H3,(H,18,22)(H,19,20,21). The Morgan fingerprint density at radius 2 is 2.08 bits per heavy atom. The average molecular weight is 347 g/mol. The van der Waals surface area contributed by atoms with Crippen molar-refractivity contribution in [3.8, 4) is 0 Å².